The van der Waals surface area contributed by atoms with Crippen molar-refractivity contribution in [2.75, 3.05) is 6.54 Å². The van der Waals surface area contributed by atoms with E-state index in [2.05, 4.69) is 60.3 Å². The van der Waals surface area contributed by atoms with E-state index in [0.717, 1.165) is 18.7 Å². The van der Waals surface area contributed by atoms with Crippen LogP contribution in [0.1, 0.15) is 43.6 Å². The molecule has 0 aliphatic heterocycles. The van der Waals surface area contributed by atoms with Crippen LogP contribution in [0.2, 0.25) is 0 Å². The van der Waals surface area contributed by atoms with Gasteiger partial charge in [-0.25, -0.2) is 0 Å². The van der Waals surface area contributed by atoms with Gasteiger partial charge in [0.25, 0.3) is 0 Å². The van der Waals surface area contributed by atoms with Crippen LogP contribution in [-0.4, -0.2) is 16.5 Å². The van der Waals surface area contributed by atoms with Gasteiger partial charge in [-0.3, -0.25) is 9.97 Å². The molecule has 106 valence electrons. The van der Waals surface area contributed by atoms with Crippen molar-refractivity contribution in [1.29, 1.82) is 0 Å². The van der Waals surface area contributed by atoms with Crippen LogP contribution in [-0.2, 0) is 6.42 Å². The molecule has 1 heterocycles. The average Bonchev–Trinajstić information content (AvgIpc) is 2.45. The molecule has 1 atom stereocenters. The molecule has 0 radical (unpaired) electrons. The third kappa shape index (κ3) is 3.87. The van der Waals surface area contributed by atoms with Crippen LogP contribution in [0.3, 0.4) is 0 Å². The quantitative estimate of drug-likeness (QED) is 0.873. The summed E-state index contributed by atoms with van der Waals surface area (Å²) in [4.78, 5) is 8.62. The second-order valence-corrected chi connectivity index (χ2v) is 5.46. The lowest BCUT2D eigenvalue weighted by molar-refractivity contribution is 0.608. The second kappa shape index (κ2) is 7.15. The van der Waals surface area contributed by atoms with Crippen LogP contribution >= 0.6 is 0 Å². The van der Waals surface area contributed by atoms with Gasteiger partial charge in [0, 0.05) is 12.4 Å². The fraction of sp³-hybridized carbons (Fsp3) is 0.412. The predicted molar refractivity (Wildman–Crippen MR) is 82.5 cm³/mol. The van der Waals surface area contributed by atoms with Crippen molar-refractivity contribution in [3.8, 4) is 0 Å². The Balaban J connectivity index is 2.30. The number of rotatable bonds is 6. The van der Waals surface area contributed by atoms with Gasteiger partial charge in [0.1, 0.15) is 0 Å². The standard InChI is InChI=1S/C17H23N3/c1-4-19-17(16-12-18-8-9-20-16)15-7-5-6-14(11-15)10-13(2)3/h5-9,11-13,17,19H,4,10H2,1-3H3. The molecule has 0 spiro atoms. The van der Waals surface area contributed by atoms with Crippen molar-refractivity contribution in [1.82, 2.24) is 15.3 Å². The van der Waals surface area contributed by atoms with Gasteiger partial charge in [0.2, 0.25) is 0 Å². The Morgan fingerprint density at radius 1 is 1.20 bits per heavy atom. The first-order chi connectivity index (χ1) is 9.70. The van der Waals surface area contributed by atoms with Crippen molar-refractivity contribution >= 4 is 0 Å². The van der Waals surface area contributed by atoms with Gasteiger partial charge < -0.3 is 5.32 Å². The molecule has 0 saturated carbocycles. The molecule has 3 heteroatoms. The van der Waals surface area contributed by atoms with Crippen LogP contribution < -0.4 is 5.32 Å². The Morgan fingerprint density at radius 3 is 2.70 bits per heavy atom. The maximum atomic E-state index is 4.44. The Morgan fingerprint density at radius 2 is 2.05 bits per heavy atom. The maximum Gasteiger partial charge on any atom is 0.0801 e. The highest BCUT2D eigenvalue weighted by atomic mass is 14.9. The molecule has 1 aromatic carbocycles. The van der Waals surface area contributed by atoms with Gasteiger partial charge in [0.15, 0.2) is 0 Å². The summed E-state index contributed by atoms with van der Waals surface area (Å²) < 4.78 is 0. The molecular weight excluding hydrogens is 246 g/mol. The molecule has 1 aromatic heterocycles. The van der Waals surface area contributed by atoms with Gasteiger partial charge in [0.05, 0.1) is 17.9 Å². The van der Waals surface area contributed by atoms with E-state index in [1.807, 2.05) is 6.20 Å². The number of hydrogen-bond acceptors (Lipinski definition) is 3. The van der Waals surface area contributed by atoms with E-state index in [1.54, 1.807) is 12.4 Å². The minimum atomic E-state index is 0.112. The van der Waals surface area contributed by atoms with Crippen molar-refractivity contribution < 1.29 is 0 Å². The molecule has 0 saturated heterocycles. The van der Waals surface area contributed by atoms with Crippen LogP contribution in [0.15, 0.2) is 42.9 Å². The van der Waals surface area contributed by atoms with E-state index < -0.39 is 0 Å². The SMILES string of the molecule is CCNC(c1cccc(CC(C)C)c1)c1cnccn1. The minimum Gasteiger partial charge on any atom is -0.305 e. The van der Waals surface area contributed by atoms with Crippen molar-refractivity contribution in [2.45, 2.75) is 33.2 Å². The first-order valence-corrected chi connectivity index (χ1v) is 7.28. The number of aromatic nitrogens is 2. The molecule has 0 aliphatic carbocycles. The van der Waals surface area contributed by atoms with Crippen LogP contribution in [0.5, 0.6) is 0 Å². The summed E-state index contributed by atoms with van der Waals surface area (Å²) in [6.07, 6.45) is 6.40. The Bertz CT molecular complexity index is 523. The Kier molecular flexibility index (Phi) is 5.24. The lowest BCUT2D eigenvalue weighted by Gasteiger charge is -2.18. The Labute approximate surface area is 121 Å². The summed E-state index contributed by atoms with van der Waals surface area (Å²) in [5, 5.41) is 3.49. The first-order valence-electron chi connectivity index (χ1n) is 7.28. The topological polar surface area (TPSA) is 37.8 Å². The predicted octanol–water partition coefficient (Wildman–Crippen LogP) is 3.37. The number of benzene rings is 1. The first kappa shape index (κ1) is 14.7. The second-order valence-electron chi connectivity index (χ2n) is 5.46. The molecular formula is C17H23N3. The smallest absolute Gasteiger partial charge is 0.0801 e. The van der Waals surface area contributed by atoms with Crippen LogP contribution in [0.4, 0.5) is 0 Å². The van der Waals surface area contributed by atoms with Crippen LogP contribution in [0, 0.1) is 5.92 Å². The number of nitrogens with zero attached hydrogens (tertiary/aromatic N) is 2. The highest BCUT2D eigenvalue weighted by molar-refractivity contribution is 5.31. The normalized spacial score (nSPS) is 12.6. The van der Waals surface area contributed by atoms with Gasteiger partial charge in [-0.1, -0.05) is 45.0 Å². The van der Waals surface area contributed by atoms with Gasteiger partial charge in [-0.05, 0) is 30.0 Å². The van der Waals surface area contributed by atoms with Crippen molar-refractivity contribution in [3.05, 3.63) is 59.7 Å². The molecule has 2 aromatic rings. The highest BCUT2D eigenvalue weighted by Gasteiger charge is 2.14. The summed E-state index contributed by atoms with van der Waals surface area (Å²) in [6.45, 7) is 7.51. The molecule has 0 fully saturated rings. The van der Waals surface area contributed by atoms with E-state index in [0.29, 0.717) is 5.92 Å². The zero-order valence-electron chi connectivity index (χ0n) is 12.5. The van der Waals surface area contributed by atoms with Crippen molar-refractivity contribution in [3.63, 3.8) is 0 Å². The summed E-state index contributed by atoms with van der Waals surface area (Å²) in [5.41, 5.74) is 3.60. The average molecular weight is 269 g/mol. The van der Waals surface area contributed by atoms with E-state index >= 15 is 0 Å². The molecule has 1 unspecified atom stereocenters. The Hall–Kier alpha value is -1.74. The lowest BCUT2D eigenvalue weighted by Crippen LogP contribution is -2.23. The zero-order chi connectivity index (χ0) is 14.4. The van der Waals surface area contributed by atoms with Gasteiger partial charge in [-0.15, -0.1) is 0 Å². The summed E-state index contributed by atoms with van der Waals surface area (Å²) >= 11 is 0. The van der Waals surface area contributed by atoms with Crippen molar-refractivity contribution in [2.24, 2.45) is 5.92 Å². The molecule has 2 rings (SSSR count). The fourth-order valence-corrected chi connectivity index (χ4v) is 2.43. The molecule has 3 nitrogen and oxygen atoms in total. The molecule has 0 bridgehead atoms. The third-order valence-corrected chi connectivity index (χ3v) is 3.22. The highest BCUT2D eigenvalue weighted by Crippen LogP contribution is 2.21. The van der Waals surface area contributed by atoms with E-state index in [9.17, 15) is 0 Å². The van der Waals surface area contributed by atoms with E-state index in [-0.39, 0.29) is 6.04 Å². The van der Waals surface area contributed by atoms with E-state index in [1.165, 1.54) is 11.1 Å². The van der Waals surface area contributed by atoms with E-state index in [4.69, 9.17) is 0 Å². The molecule has 1 N–H and O–H groups in total. The van der Waals surface area contributed by atoms with Gasteiger partial charge >= 0.3 is 0 Å². The lowest BCUT2D eigenvalue weighted by atomic mass is 9.97. The fourth-order valence-electron chi connectivity index (χ4n) is 2.43. The molecule has 0 aliphatic rings. The molecule has 0 amide bonds. The van der Waals surface area contributed by atoms with Gasteiger partial charge in [-0.2, -0.15) is 0 Å². The third-order valence-electron chi connectivity index (χ3n) is 3.22. The van der Waals surface area contributed by atoms with Crippen LogP contribution in [0.25, 0.3) is 0 Å². The number of nitrogens with one attached hydrogen (secondary N) is 1. The minimum absolute atomic E-state index is 0.112. The summed E-state index contributed by atoms with van der Waals surface area (Å²) in [7, 11) is 0. The monoisotopic (exact) mass is 269 g/mol. The summed E-state index contributed by atoms with van der Waals surface area (Å²) in [6, 6.07) is 8.88. The maximum absolute atomic E-state index is 4.44. The molecule has 20 heavy (non-hydrogen) atoms. The largest absolute Gasteiger partial charge is 0.305 e. The summed E-state index contributed by atoms with van der Waals surface area (Å²) in [5.74, 6) is 0.666. The number of hydrogen-bond donors (Lipinski definition) is 1. The zero-order valence-corrected chi connectivity index (χ0v) is 12.5.